The van der Waals surface area contributed by atoms with Gasteiger partial charge in [0.2, 0.25) is 0 Å². The highest BCUT2D eigenvalue weighted by atomic mass is 19.1. The van der Waals surface area contributed by atoms with E-state index in [9.17, 15) is 9.18 Å². The van der Waals surface area contributed by atoms with E-state index in [4.69, 9.17) is 4.74 Å². The Balaban J connectivity index is 1.65. The van der Waals surface area contributed by atoms with Gasteiger partial charge in [-0.1, -0.05) is 6.07 Å². The minimum Gasteiger partial charge on any atom is -0.380 e. The van der Waals surface area contributed by atoms with Crippen molar-refractivity contribution in [2.24, 2.45) is 0 Å². The zero-order valence-corrected chi connectivity index (χ0v) is 13.0. The molecule has 3 rings (SSSR count). The fourth-order valence-corrected chi connectivity index (χ4v) is 2.74. The Morgan fingerprint density at radius 3 is 2.70 bits per heavy atom. The lowest BCUT2D eigenvalue weighted by Gasteiger charge is -2.18. The summed E-state index contributed by atoms with van der Waals surface area (Å²) in [5, 5.41) is 2.77. The Bertz CT molecular complexity index is 688. The van der Waals surface area contributed by atoms with Gasteiger partial charge in [-0.15, -0.1) is 0 Å². The van der Waals surface area contributed by atoms with Crippen molar-refractivity contribution in [2.75, 3.05) is 30.4 Å². The van der Waals surface area contributed by atoms with Gasteiger partial charge in [-0.25, -0.2) is 4.39 Å². The van der Waals surface area contributed by atoms with Crippen LogP contribution in [0.15, 0.2) is 48.5 Å². The Hall–Kier alpha value is -2.40. The highest BCUT2D eigenvalue weighted by Crippen LogP contribution is 2.23. The lowest BCUT2D eigenvalue weighted by atomic mass is 10.2. The molecule has 23 heavy (non-hydrogen) atoms. The lowest BCUT2D eigenvalue weighted by molar-refractivity contribution is 0.102. The molecule has 0 saturated carbocycles. The standard InChI is InChI=1S/C18H19FN2O2/c1-23-17-9-10-21(12-17)16-7-5-15(6-8-16)20-18(22)13-3-2-4-14(19)11-13/h2-8,11,17H,9-10,12H2,1H3,(H,20,22). The number of carbonyl (C=O) groups excluding carboxylic acids is 1. The molecule has 4 nitrogen and oxygen atoms in total. The van der Waals surface area contributed by atoms with E-state index in [1.807, 2.05) is 24.3 Å². The number of carbonyl (C=O) groups is 1. The van der Waals surface area contributed by atoms with E-state index in [1.165, 1.54) is 18.2 Å². The number of rotatable bonds is 4. The Morgan fingerprint density at radius 2 is 2.04 bits per heavy atom. The number of amides is 1. The Morgan fingerprint density at radius 1 is 1.26 bits per heavy atom. The molecule has 1 aliphatic heterocycles. The number of ether oxygens (including phenoxy) is 1. The summed E-state index contributed by atoms with van der Waals surface area (Å²) in [6.07, 6.45) is 1.30. The molecule has 1 aliphatic rings. The number of nitrogens with zero attached hydrogens (tertiary/aromatic N) is 1. The van der Waals surface area contributed by atoms with Crippen molar-refractivity contribution in [3.05, 3.63) is 59.9 Å². The first-order chi connectivity index (χ1) is 11.2. The summed E-state index contributed by atoms with van der Waals surface area (Å²) in [5.41, 5.74) is 2.09. The third kappa shape index (κ3) is 3.68. The van der Waals surface area contributed by atoms with E-state index in [1.54, 1.807) is 13.2 Å². The van der Waals surface area contributed by atoms with Crippen LogP contribution in [0.5, 0.6) is 0 Å². The third-order valence-electron chi connectivity index (χ3n) is 4.06. The first-order valence-corrected chi connectivity index (χ1v) is 7.60. The molecule has 2 aromatic carbocycles. The molecule has 0 aliphatic carbocycles. The molecule has 1 N–H and O–H groups in total. The van der Waals surface area contributed by atoms with Crippen LogP contribution in [-0.4, -0.2) is 32.2 Å². The van der Waals surface area contributed by atoms with E-state index in [2.05, 4.69) is 10.2 Å². The number of hydrogen-bond donors (Lipinski definition) is 1. The van der Waals surface area contributed by atoms with Gasteiger partial charge in [-0.3, -0.25) is 4.79 Å². The number of anilines is 2. The van der Waals surface area contributed by atoms with Crippen LogP contribution >= 0.6 is 0 Å². The highest BCUT2D eigenvalue weighted by Gasteiger charge is 2.22. The van der Waals surface area contributed by atoms with Crippen molar-refractivity contribution in [3.8, 4) is 0 Å². The fourth-order valence-electron chi connectivity index (χ4n) is 2.74. The number of nitrogens with one attached hydrogen (secondary N) is 1. The summed E-state index contributed by atoms with van der Waals surface area (Å²) in [6.45, 7) is 1.85. The SMILES string of the molecule is COC1CCN(c2ccc(NC(=O)c3cccc(F)c3)cc2)C1. The normalized spacial score (nSPS) is 17.3. The molecule has 1 saturated heterocycles. The zero-order chi connectivity index (χ0) is 16.2. The van der Waals surface area contributed by atoms with Crippen LogP contribution in [0.1, 0.15) is 16.8 Å². The van der Waals surface area contributed by atoms with Crippen LogP contribution in [0, 0.1) is 5.82 Å². The average molecular weight is 314 g/mol. The smallest absolute Gasteiger partial charge is 0.255 e. The molecule has 1 heterocycles. The minimum absolute atomic E-state index is 0.280. The van der Waals surface area contributed by atoms with Crippen LogP contribution in [0.25, 0.3) is 0 Å². The largest absolute Gasteiger partial charge is 0.380 e. The molecule has 0 aromatic heterocycles. The van der Waals surface area contributed by atoms with Crippen LogP contribution in [0.2, 0.25) is 0 Å². The third-order valence-corrected chi connectivity index (χ3v) is 4.06. The molecule has 0 radical (unpaired) electrons. The molecule has 1 atom stereocenters. The van der Waals surface area contributed by atoms with Crippen LogP contribution in [0.3, 0.4) is 0 Å². The fraction of sp³-hybridized carbons (Fsp3) is 0.278. The first kappa shape index (κ1) is 15.5. The molecule has 2 aromatic rings. The number of benzene rings is 2. The van der Waals surface area contributed by atoms with Gasteiger partial charge in [-0.2, -0.15) is 0 Å². The molecular formula is C18H19FN2O2. The van der Waals surface area contributed by atoms with Gasteiger partial charge in [0.25, 0.3) is 5.91 Å². The van der Waals surface area contributed by atoms with Crippen molar-refractivity contribution in [1.82, 2.24) is 0 Å². The van der Waals surface area contributed by atoms with Gasteiger partial charge >= 0.3 is 0 Å². The summed E-state index contributed by atoms with van der Waals surface area (Å²) in [5.74, 6) is -0.743. The Labute approximate surface area is 134 Å². The predicted octanol–water partition coefficient (Wildman–Crippen LogP) is 3.30. The summed E-state index contributed by atoms with van der Waals surface area (Å²) in [4.78, 5) is 14.3. The molecular weight excluding hydrogens is 295 g/mol. The van der Waals surface area contributed by atoms with E-state index in [0.29, 0.717) is 11.3 Å². The molecule has 0 spiro atoms. The molecule has 1 unspecified atom stereocenters. The van der Waals surface area contributed by atoms with Crippen LogP contribution in [-0.2, 0) is 4.74 Å². The minimum atomic E-state index is -0.422. The monoisotopic (exact) mass is 314 g/mol. The van der Waals surface area contributed by atoms with Crippen molar-refractivity contribution in [1.29, 1.82) is 0 Å². The Kier molecular flexibility index (Phi) is 4.57. The second-order valence-electron chi connectivity index (χ2n) is 5.60. The first-order valence-electron chi connectivity index (χ1n) is 7.60. The van der Waals surface area contributed by atoms with E-state index in [0.717, 1.165) is 25.2 Å². The molecule has 1 fully saturated rings. The number of halogens is 1. The quantitative estimate of drug-likeness (QED) is 0.941. The zero-order valence-electron chi connectivity index (χ0n) is 13.0. The topological polar surface area (TPSA) is 41.6 Å². The number of methoxy groups -OCH3 is 1. The van der Waals surface area contributed by atoms with Crippen molar-refractivity contribution in [3.63, 3.8) is 0 Å². The van der Waals surface area contributed by atoms with Crippen molar-refractivity contribution in [2.45, 2.75) is 12.5 Å². The van der Waals surface area contributed by atoms with E-state index < -0.39 is 5.82 Å². The van der Waals surface area contributed by atoms with Crippen LogP contribution in [0.4, 0.5) is 15.8 Å². The van der Waals surface area contributed by atoms with Crippen molar-refractivity contribution >= 4 is 17.3 Å². The molecule has 5 heteroatoms. The maximum atomic E-state index is 13.2. The molecule has 120 valence electrons. The highest BCUT2D eigenvalue weighted by molar-refractivity contribution is 6.04. The predicted molar refractivity (Wildman–Crippen MR) is 88.4 cm³/mol. The van der Waals surface area contributed by atoms with E-state index >= 15 is 0 Å². The second-order valence-corrected chi connectivity index (χ2v) is 5.60. The van der Waals surface area contributed by atoms with Gasteiger partial charge in [-0.05, 0) is 48.9 Å². The molecule has 0 bridgehead atoms. The van der Waals surface area contributed by atoms with Gasteiger partial charge in [0, 0.05) is 37.1 Å². The summed E-state index contributed by atoms with van der Waals surface area (Å²) < 4.78 is 18.5. The average Bonchev–Trinajstić information content (AvgIpc) is 3.04. The lowest BCUT2D eigenvalue weighted by Crippen LogP contribution is -2.22. The molecule has 1 amide bonds. The van der Waals surface area contributed by atoms with Gasteiger partial charge in [0.15, 0.2) is 0 Å². The maximum absolute atomic E-state index is 13.2. The van der Waals surface area contributed by atoms with Gasteiger partial charge < -0.3 is 15.0 Å². The summed E-state index contributed by atoms with van der Waals surface area (Å²) in [7, 11) is 1.74. The van der Waals surface area contributed by atoms with Crippen molar-refractivity contribution < 1.29 is 13.9 Å². The number of hydrogen-bond acceptors (Lipinski definition) is 3. The van der Waals surface area contributed by atoms with Gasteiger partial charge in [0.05, 0.1) is 6.10 Å². The van der Waals surface area contributed by atoms with Gasteiger partial charge in [0.1, 0.15) is 5.82 Å². The summed E-state index contributed by atoms with van der Waals surface area (Å²) >= 11 is 0. The maximum Gasteiger partial charge on any atom is 0.255 e. The van der Waals surface area contributed by atoms with Crippen LogP contribution < -0.4 is 10.2 Å². The van der Waals surface area contributed by atoms with E-state index in [-0.39, 0.29) is 12.0 Å². The second kappa shape index (κ2) is 6.79. The summed E-state index contributed by atoms with van der Waals surface area (Å²) in [6, 6.07) is 13.3.